The number of nitrogens with zero attached hydrogens (tertiary/aromatic N) is 4. The molecular weight excluding hydrogens is 268 g/mol. The van der Waals surface area contributed by atoms with E-state index in [2.05, 4.69) is 20.0 Å². The summed E-state index contributed by atoms with van der Waals surface area (Å²) < 4.78 is 5.31. The molecule has 2 aromatic heterocycles. The Morgan fingerprint density at radius 1 is 1.29 bits per heavy atom. The van der Waals surface area contributed by atoms with Crippen LogP contribution in [0.15, 0.2) is 22.9 Å². The third-order valence-electron chi connectivity index (χ3n) is 4.09. The van der Waals surface area contributed by atoms with E-state index in [9.17, 15) is 5.11 Å². The molecule has 21 heavy (non-hydrogen) atoms. The van der Waals surface area contributed by atoms with Crippen molar-refractivity contribution >= 4 is 5.82 Å². The molecule has 1 aliphatic carbocycles. The lowest BCUT2D eigenvalue weighted by Gasteiger charge is -2.31. The van der Waals surface area contributed by atoms with E-state index in [4.69, 9.17) is 4.52 Å². The molecule has 6 heteroatoms. The molecule has 1 saturated carbocycles. The second-order valence-corrected chi connectivity index (χ2v) is 5.88. The number of aliphatic hydroxyl groups is 1. The number of hydrogen-bond acceptors (Lipinski definition) is 6. The summed E-state index contributed by atoms with van der Waals surface area (Å²) in [6, 6.07) is 3.87. The molecule has 1 atom stereocenters. The Bertz CT molecular complexity index is 638. The lowest BCUT2D eigenvalue weighted by atomic mass is 10.1. The lowest BCUT2D eigenvalue weighted by molar-refractivity contribution is 0.154. The molecule has 1 N–H and O–H groups in total. The lowest BCUT2D eigenvalue weighted by Crippen LogP contribution is -2.38. The van der Waals surface area contributed by atoms with Gasteiger partial charge < -0.3 is 14.5 Å². The summed E-state index contributed by atoms with van der Waals surface area (Å²) in [6.07, 6.45) is 5.64. The largest absolute Gasteiger partial charge is 0.391 e. The minimum absolute atomic E-state index is 0.268. The molecule has 6 nitrogen and oxygen atoms in total. The molecule has 2 fully saturated rings. The summed E-state index contributed by atoms with van der Waals surface area (Å²) in [6.45, 7) is 1.56. The van der Waals surface area contributed by atoms with Gasteiger partial charge in [-0.05, 0) is 37.8 Å². The highest BCUT2D eigenvalue weighted by Crippen LogP contribution is 2.39. The summed E-state index contributed by atoms with van der Waals surface area (Å²) in [5.41, 5.74) is 0.913. The number of aromatic nitrogens is 3. The van der Waals surface area contributed by atoms with Crippen LogP contribution in [-0.4, -0.2) is 39.4 Å². The van der Waals surface area contributed by atoms with Gasteiger partial charge in [-0.25, -0.2) is 4.98 Å². The van der Waals surface area contributed by atoms with Gasteiger partial charge in [-0.3, -0.25) is 0 Å². The third kappa shape index (κ3) is 2.63. The average molecular weight is 286 g/mol. The first-order valence-electron chi connectivity index (χ1n) is 7.52. The smallest absolute Gasteiger partial charge is 0.230 e. The zero-order chi connectivity index (χ0) is 14.2. The van der Waals surface area contributed by atoms with Crippen LogP contribution in [0.2, 0.25) is 0 Å². The monoisotopic (exact) mass is 286 g/mol. The molecular formula is C15H18N4O2. The SMILES string of the molecule is OC1CCCN(c2cc(-c3noc(C4CC4)n3)ccn2)C1. The van der Waals surface area contributed by atoms with Gasteiger partial charge in [-0.2, -0.15) is 4.98 Å². The molecule has 1 saturated heterocycles. The molecule has 0 aromatic carbocycles. The van der Waals surface area contributed by atoms with Crippen LogP contribution >= 0.6 is 0 Å². The number of rotatable bonds is 3. The summed E-state index contributed by atoms with van der Waals surface area (Å²) in [4.78, 5) is 11.0. The van der Waals surface area contributed by atoms with Crippen molar-refractivity contribution in [1.29, 1.82) is 0 Å². The predicted octanol–water partition coefficient (Wildman–Crippen LogP) is 1.97. The van der Waals surface area contributed by atoms with Gasteiger partial charge in [0, 0.05) is 30.8 Å². The molecule has 1 unspecified atom stereocenters. The number of hydrogen-bond donors (Lipinski definition) is 1. The minimum Gasteiger partial charge on any atom is -0.391 e. The highest BCUT2D eigenvalue weighted by molar-refractivity contribution is 5.59. The quantitative estimate of drug-likeness (QED) is 0.929. The number of β-amino-alcohol motifs (C(OH)–C–C–N with tert-alkyl or cyclic N) is 1. The standard InChI is InChI=1S/C15H18N4O2/c20-12-2-1-7-19(9-12)13-8-11(5-6-16-13)14-17-15(21-18-14)10-3-4-10/h5-6,8,10,12,20H,1-4,7,9H2. The van der Waals surface area contributed by atoms with Crippen LogP contribution in [0.3, 0.4) is 0 Å². The highest BCUT2D eigenvalue weighted by Gasteiger charge is 2.30. The summed E-state index contributed by atoms with van der Waals surface area (Å²) in [7, 11) is 0. The normalized spacial score (nSPS) is 22.5. The maximum absolute atomic E-state index is 9.79. The first-order chi connectivity index (χ1) is 10.3. The molecule has 0 bridgehead atoms. The summed E-state index contributed by atoms with van der Waals surface area (Å²) >= 11 is 0. The van der Waals surface area contributed by atoms with Crippen molar-refractivity contribution in [2.75, 3.05) is 18.0 Å². The first kappa shape index (κ1) is 12.8. The second kappa shape index (κ2) is 5.11. The fourth-order valence-electron chi connectivity index (χ4n) is 2.74. The second-order valence-electron chi connectivity index (χ2n) is 5.88. The van der Waals surface area contributed by atoms with Crippen LogP contribution in [0.25, 0.3) is 11.4 Å². The van der Waals surface area contributed by atoms with Gasteiger partial charge in [0.05, 0.1) is 6.10 Å². The van der Waals surface area contributed by atoms with E-state index in [-0.39, 0.29) is 6.10 Å². The van der Waals surface area contributed by atoms with E-state index in [1.54, 1.807) is 6.20 Å². The molecule has 110 valence electrons. The van der Waals surface area contributed by atoms with Gasteiger partial charge in [-0.1, -0.05) is 5.16 Å². The van der Waals surface area contributed by atoms with E-state index in [1.807, 2.05) is 12.1 Å². The fourth-order valence-corrected chi connectivity index (χ4v) is 2.74. The van der Waals surface area contributed by atoms with Crippen molar-refractivity contribution in [3.8, 4) is 11.4 Å². The van der Waals surface area contributed by atoms with Crippen molar-refractivity contribution in [2.24, 2.45) is 0 Å². The molecule has 1 aliphatic heterocycles. The molecule has 0 spiro atoms. The Balaban J connectivity index is 1.59. The number of piperidine rings is 1. The topological polar surface area (TPSA) is 75.3 Å². The van der Waals surface area contributed by atoms with Gasteiger partial charge in [0.25, 0.3) is 0 Å². The van der Waals surface area contributed by atoms with Crippen molar-refractivity contribution in [3.63, 3.8) is 0 Å². The van der Waals surface area contributed by atoms with Crippen LogP contribution in [0.5, 0.6) is 0 Å². The molecule has 0 amide bonds. The van der Waals surface area contributed by atoms with Crippen molar-refractivity contribution in [2.45, 2.75) is 37.7 Å². The van der Waals surface area contributed by atoms with Crippen LogP contribution < -0.4 is 4.90 Å². The van der Waals surface area contributed by atoms with Crippen molar-refractivity contribution in [1.82, 2.24) is 15.1 Å². The van der Waals surface area contributed by atoms with Crippen LogP contribution in [0.1, 0.15) is 37.5 Å². The summed E-state index contributed by atoms with van der Waals surface area (Å²) in [5, 5.41) is 13.9. The molecule has 4 rings (SSSR count). The maximum Gasteiger partial charge on any atom is 0.230 e. The highest BCUT2D eigenvalue weighted by atomic mass is 16.5. The van der Waals surface area contributed by atoms with Gasteiger partial charge >= 0.3 is 0 Å². The van der Waals surface area contributed by atoms with E-state index in [1.165, 1.54) is 0 Å². The van der Waals surface area contributed by atoms with Crippen LogP contribution in [-0.2, 0) is 0 Å². The number of aliphatic hydroxyl groups excluding tert-OH is 1. The number of pyridine rings is 1. The zero-order valence-electron chi connectivity index (χ0n) is 11.8. The van der Waals surface area contributed by atoms with E-state index >= 15 is 0 Å². The Morgan fingerprint density at radius 2 is 2.19 bits per heavy atom. The maximum atomic E-state index is 9.79. The fraction of sp³-hybridized carbons (Fsp3) is 0.533. The third-order valence-corrected chi connectivity index (χ3v) is 4.09. The molecule has 0 radical (unpaired) electrons. The zero-order valence-corrected chi connectivity index (χ0v) is 11.8. The Morgan fingerprint density at radius 3 is 3.00 bits per heavy atom. The van der Waals surface area contributed by atoms with Crippen LogP contribution in [0, 0.1) is 0 Å². The Hall–Kier alpha value is -1.95. The first-order valence-corrected chi connectivity index (χ1v) is 7.52. The van der Waals surface area contributed by atoms with Gasteiger partial charge in [0.2, 0.25) is 11.7 Å². The summed E-state index contributed by atoms with van der Waals surface area (Å²) in [5.74, 6) is 2.70. The molecule has 2 aliphatic rings. The van der Waals surface area contributed by atoms with Gasteiger partial charge in [0.1, 0.15) is 5.82 Å². The Labute approximate surface area is 122 Å². The Kier molecular flexibility index (Phi) is 3.11. The van der Waals surface area contributed by atoms with Gasteiger partial charge in [0.15, 0.2) is 0 Å². The van der Waals surface area contributed by atoms with Crippen molar-refractivity contribution in [3.05, 3.63) is 24.2 Å². The van der Waals surface area contributed by atoms with E-state index < -0.39 is 0 Å². The van der Waals surface area contributed by atoms with Crippen molar-refractivity contribution < 1.29 is 9.63 Å². The van der Waals surface area contributed by atoms with Crippen LogP contribution in [0.4, 0.5) is 5.82 Å². The van der Waals surface area contributed by atoms with Gasteiger partial charge in [-0.15, -0.1) is 0 Å². The average Bonchev–Trinajstić information content (AvgIpc) is 3.25. The number of anilines is 1. The van der Waals surface area contributed by atoms with E-state index in [0.29, 0.717) is 18.3 Å². The minimum atomic E-state index is -0.268. The molecule has 2 aromatic rings. The predicted molar refractivity (Wildman–Crippen MR) is 77.0 cm³/mol. The van der Waals surface area contributed by atoms with E-state index in [0.717, 1.165) is 49.5 Å². The molecule has 3 heterocycles.